The summed E-state index contributed by atoms with van der Waals surface area (Å²) >= 11 is 0. The van der Waals surface area contributed by atoms with E-state index < -0.39 is 0 Å². The third-order valence-corrected chi connectivity index (χ3v) is 2.34. The van der Waals surface area contributed by atoms with Gasteiger partial charge in [-0.05, 0) is 6.92 Å². The minimum Gasteiger partial charge on any atom is -0.309 e. The second-order valence-electron chi connectivity index (χ2n) is 4.24. The Morgan fingerprint density at radius 3 is 2.88 bits per heavy atom. The molecule has 0 unspecified atom stereocenters. The number of hydrogen-bond donors (Lipinski definition) is 1. The molecule has 1 N–H and O–H groups in total. The molecule has 0 saturated carbocycles. The number of aryl methyl sites for hydroxylation is 1. The Morgan fingerprint density at radius 1 is 1.41 bits per heavy atom. The van der Waals surface area contributed by atoms with Gasteiger partial charge in [0.05, 0.1) is 18.4 Å². The molecule has 0 aromatic carbocycles. The summed E-state index contributed by atoms with van der Waals surface area (Å²) in [6.07, 6.45) is 1.89. The van der Waals surface area contributed by atoms with E-state index >= 15 is 0 Å². The maximum absolute atomic E-state index is 4.63. The van der Waals surface area contributed by atoms with Gasteiger partial charge in [-0.15, -0.1) is 5.10 Å². The summed E-state index contributed by atoms with van der Waals surface area (Å²) in [4.78, 5) is 0. The van der Waals surface area contributed by atoms with Gasteiger partial charge in [0.2, 0.25) is 0 Å². The fourth-order valence-corrected chi connectivity index (χ4v) is 1.35. The molecule has 0 spiro atoms. The third kappa shape index (κ3) is 3.10. The molecule has 2 rings (SSSR count). The van der Waals surface area contributed by atoms with Gasteiger partial charge in [-0.2, -0.15) is 0 Å². The molecule has 0 bridgehead atoms. The van der Waals surface area contributed by atoms with Crippen molar-refractivity contribution in [2.75, 3.05) is 0 Å². The Hall–Kier alpha value is -1.76. The van der Waals surface area contributed by atoms with Gasteiger partial charge in [-0.3, -0.25) is 0 Å². The van der Waals surface area contributed by atoms with Crippen LogP contribution in [-0.2, 0) is 13.1 Å². The molecule has 0 fully saturated rings. The average Bonchev–Trinajstić information content (AvgIpc) is 2.87. The Morgan fingerprint density at radius 2 is 2.24 bits per heavy atom. The maximum Gasteiger partial charge on any atom is 0.129 e. The first-order valence-electron chi connectivity index (χ1n) is 5.55. The van der Waals surface area contributed by atoms with Crippen molar-refractivity contribution in [1.29, 1.82) is 0 Å². The monoisotopic (exact) mass is 236 g/mol. The van der Waals surface area contributed by atoms with Crippen molar-refractivity contribution in [3.05, 3.63) is 23.3 Å². The van der Waals surface area contributed by atoms with Crippen molar-refractivity contribution < 1.29 is 4.63 Å². The van der Waals surface area contributed by atoms with E-state index in [0.717, 1.165) is 17.1 Å². The van der Waals surface area contributed by atoms with E-state index in [1.54, 1.807) is 4.68 Å². The minimum absolute atomic E-state index is 0.433. The molecule has 0 aliphatic rings. The molecule has 7 nitrogen and oxygen atoms in total. The second-order valence-corrected chi connectivity index (χ2v) is 4.24. The first-order valence-corrected chi connectivity index (χ1v) is 5.55. The van der Waals surface area contributed by atoms with E-state index in [9.17, 15) is 0 Å². The quantitative estimate of drug-likeness (QED) is 0.814. The lowest BCUT2D eigenvalue weighted by molar-refractivity contribution is 0.300. The summed E-state index contributed by atoms with van der Waals surface area (Å²) < 4.78 is 6.36. The van der Waals surface area contributed by atoms with Crippen molar-refractivity contribution in [3.63, 3.8) is 0 Å². The summed E-state index contributed by atoms with van der Waals surface area (Å²) in [5.41, 5.74) is 2.47. The van der Waals surface area contributed by atoms with Gasteiger partial charge in [0.15, 0.2) is 0 Å². The van der Waals surface area contributed by atoms with Crippen LogP contribution in [0.25, 0.3) is 0 Å². The second kappa shape index (κ2) is 5.05. The number of rotatable bonds is 5. The molecule has 7 heteroatoms. The molecule has 17 heavy (non-hydrogen) atoms. The lowest BCUT2D eigenvalue weighted by Gasteiger charge is -2.03. The smallest absolute Gasteiger partial charge is 0.129 e. The Bertz CT molecular complexity index is 475. The molecule has 2 heterocycles. The average molecular weight is 236 g/mol. The molecular weight excluding hydrogens is 220 g/mol. The van der Waals surface area contributed by atoms with Crippen molar-refractivity contribution in [2.24, 2.45) is 0 Å². The van der Waals surface area contributed by atoms with Crippen LogP contribution in [0.1, 0.15) is 30.9 Å². The van der Waals surface area contributed by atoms with Crippen molar-refractivity contribution in [3.8, 4) is 0 Å². The first-order chi connectivity index (χ1) is 8.15. The van der Waals surface area contributed by atoms with Crippen LogP contribution in [0.4, 0.5) is 0 Å². The van der Waals surface area contributed by atoms with E-state index in [1.807, 2.05) is 13.1 Å². The molecule has 2 aromatic heterocycles. The molecule has 0 radical (unpaired) electrons. The van der Waals surface area contributed by atoms with Crippen LogP contribution >= 0.6 is 0 Å². The van der Waals surface area contributed by atoms with Crippen LogP contribution in [0, 0.1) is 6.92 Å². The van der Waals surface area contributed by atoms with Gasteiger partial charge in [-0.25, -0.2) is 9.31 Å². The molecule has 0 saturated heterocycles. The molecule has 92 valence electrons. The van der Waals surface area contributed by atoms with Crippen LogP contribution in [0.5, 0.6) is 0 Å². The lowest BCUT2D eigenvalue weighted by atomic mass is 10.3. The van der Waals surface area contributed by atoms with Gasteiger partial charge in [-0.1, -0.05) is 29.4 Å². The number of nitrogens with zero attached hydrogens (tertiary/aromatic N) is 5. The molecule has 0 amide bonds. The zero-order valence-electron chi connectivity index (χ0n) is 10.2. The predicted molar refractivity (Wildman–Crippen MR) is 60.1 cm³/mol. The largest absolute Gasteiger partial charge is 0.309 e. The normalized spacial score (nSPS) is 11.3. The van der Waals surface area contributed by atoms with E-state index in [-0.39, 0.29) is 0 Å². The van der Waals surface area contributed by atoms with Crippen LogP contribution < -0.4 is 5.32 Å². The summed E-state index contributed by atoms with van der Waals surface area (Å²) in [6, 6.07) is 0.433. The van der Waals surface area contributed by atoms with Crippen molar-refractivity contribution in [2.45, 2.75) is 39.9 Å². The summed E-state index contributed by atoms with van der Waals surface area (Å²) in [7, 11) is 0. The van der Waals surface area contributed by atoms with Crippen LogP contribution in [-0.4, -0.2) is 31.3 Å². The molecule has 2 aromatic rings. The Kier molecular flexibility index (Phi) is 3.48. The number of nitrogens with one attached hydrogen (secondary N) is 1. The topological polar surface area (TPSA) is 81.7 Å². The molecule has 0 aliphatic heterocycles. The van der Waals surface area contributed by atoms with Gasteiger partial charge in [0, 0.05) is 12.6 Å². The highest BCUT2D eigenvalue weighted by molar-refractivity contribution is 5.05. The van der Waals surface area contributed by atoms with E-state index in [0.29, 0.717) is 19.1 Å². The predicted octanol–water partition coefficient (Wildman–Crippen LogP) is 0.516. The van der Waals surface area contributed by atoms with E-state index in [4.69, 9.17) is 0 Å². The summed E-state index contributed by atoms with van der Waals surface area (Å²) in [5, 5.41) is 18.9. The van der Waals surface area contributed by atoms with Gasteiger partial charge in [0.1, 0.15) is 11.4 Å². The zero-order valence-corrected chi connectivity index (χ0v) is 10.2. The molecule has 0 atom stereocenters. The fraction of sp³-hybridized carbons (Fsp3) is 0.600. The Labute approximate surface area is 99.2 Å². The Balaban J connectivity index is 1.97. The van der Waals surface area contributed by atoms with Crippen LogP contribution in [0.2, 0.25) is 0 Å². The first kappa shape index (κ1) is 11.7. The summed E-state index contributed by atoms with van der Waals surface area (Å²) in [5.74, 6) is 0. The van der Waals surface area contributed by atoms with Gasteiger partial charge < -0.3 is 5.32 Å². The maximum atomic E-state index is 4.63. The summed E-state index contributed by atoms with van der Waals surface area (Å²) in [6.45, 7) is 7.28. The van der Waals surface area contributed by atoms with Crippen LogP contribution in [0.3, 0.4) is 0 Å². The zero-order chi connectivity index (χ0) is 12.3. The van der Waals surface area contributed by atoms with Crippen molar-refractivity contribution in [1.82, 2.24) is 30.6 Å². The van der Waals surface area contributed by atoms with E-state index in [1.165, 1.54) is 0 Å². The van der Waals surface area contributed by atoms with Gasteiger partial charge >= 0.3 is 0 Å². The lowest BCUT2D eigenvalue weighted by Crippen LogP contribution is -2.21. The van der Waals surface area contributed by atoms with Gasteiger partial charge in [0.25, 0.3) is 0 Å². The number of aromatic nitrogens is 5. The number of hydrogen-bond acceptors (Lipinski definition) is 6. The molecule has 0 aliphatic carbocycles. The third-order valence-electron chi connectivity index (χ3n) is 2.34. The highest BCUT2D eigenvalue weighted by Gasteiger charge is 2.08. The molecular formula is C10H16N6O. The SMILES string of the molecule is Cc1nonc1Cn1cc(CNC(C)C)nn1. The standard InChI is InChI=1S/C10H16N6O/c1-7(2)11-4-9-5-16(15-12-9)6-10-8(3)13-17-14-10/h5,7,11H,4,6H2,1-3H3. The fourth-order valence-electron chi connectivity index (χ4n) is 1.35. The van der Waals surface area contributed by atoms with Crippen LogP contribution in [0.15, 0.2) is 10.8 Å². The van der Waals surface area contributed by atoms with Crippen molar-refractivity contribution >= 4 is 0 Å². The highest BCUT2D eigenvalue weighted by Crippen LogP contribution is 2.03. The van der Waals surface area contributed by atoms with E-state index in [2.05, 4.69) is 44.4 Å². The minimum atomic E-state index is 0.433. The highest BCUT2D eigenvalue weighted by atomic mass is 16.6.